The van der Waals surface area contributed by atoms with Gasteiger partial charge in [0, 0.05) is 35.7 Å². The molecular weight excluding hydrogens is 280 g/mol. The zero-order valence-electron chi connectivity index (χ0n) is 11.0. The van der Waals surface area contributed by atoms with E-state index >= 15 is 0 Å². The topological polar surface area (TPSA) is 62.5 Å². The van der Waals surface area contributed by atoms with Gasteiger partial charge in [0.15, 0.2) is 0 Å². The molecule has 0 unspecified atom stereocenters. The predicted molar refractivity (Wildman–Crippen MR) is 83.1 cm³/mol. The molecule has 3 aromatic heterocycles. The van der Waals surface area contributed by atoms with E-state index in [1.54, 1.807) is 30.9 Å². The van der Waals surface area contributed by atoms with Crippen molar-refractivity contribution in [1.82, 2.24) is 15.0 Å². The molecular formula is C16H10N4S. The van der Waals surface area contributed by atoms with Crippen LogP contribution in [0.2, 0.25) is 0 Å². The van der Waals surface area contributed by atoms with Gasteiger partial charge >= 0.3 is 0 Å². The van der Waals surface area contributed by atoms with Gasteiger partial charge in [0.1, 0.15) is 11.1 Å². The van der Waals surface area contributed by atoms with Gasteiger partial charge in [-0.1, -0.05) is 6.07 Å². The quantitative estimate of drug-likeness (QED) is 0.690. The number of thiazole rings is 1. The van der Waals surface area contributed by atoms with Gasteiger partial charge in [-0.2, -0.15) is 5.26 Å². The van der Waals surface area contributed by atoms with E-state index in [0.717, 1.165) is 16.8 Å². The Bertz CT molecular complexity index is 801. The molecule has 0 saturated carbocycles. The molecule has 0 aliphatic heterocycles. The van der Waals surface area contributed by atoms with Crippen LogP contribution in [0.4, 0.5) is 0 Å². The molecule has 5 heteroatoms. The fraction of sp³-hybridized carbons (Fsp3) is 0. The van der Waals surface area contributed by atoms with Crippen molar-refractivity contribution in [3.8, 4) is 17.3 Å². The van der Waals surface area contributed by atoms with Crippen LogP contribution in [0.1, 0.15) is 10.6 Å². The molecule has 0 aromatic carbocycles. The molecule has 3 rings (SSSR count). The highest BCUT2D eigenvalue weighted by molar-refractivity contribution is 7.11. The summed E-state index contributed by atoms with van der Waals surface area (Å²) in [4.78, 5) is 12.6. The minimum Gasteiger partial charge on any atom is -0.265 e. The summed E-state index contributed by atoms with van der Waals surface area (Å²) < 4.78 is 0. The SMILES string of the molecule is N#C/C(=C\c1cccnc1)c1nc(-c2ccncc2)cs1. The number of hydrogen-bond acceptors (Lipinski definition) is 5. The fourth-order valence-corrected chi connectivity index (χ4v) is 2.62. The number of rotatable bonds is 3. The van der Waals surface area contributed by atoms with E-state index in [2.05, 4.69) is 21.0 Å². The van der Waals surface area contributed by atoms with Crippen molar-refractivity contribution in [3.05, 3.63) is 65.0 Å². The van der Waals surface area contributed by atoms with Gasteiger partial charge in [0.25, 0.3) is 0 Å². The second-order valence-corrected chi connectivity index (χ2v) is 5.09. The van der Waals surface area contributed by atoms with Crippen LogP contribution < -0.4 is 0 Å². The molecule has 100 valence electrons. The van der Waals surface area contributed by atoms with Crippen molar-refractivity contribution >= 4 is 23.0 Å². The summed E-state index contributed by atoms with van der Waals surface area (Å²) in [6.45, 7) is 0. The number of allylic oxidation sites excluding steroid dienone is 1. The molecule has 3 heterocycles. The van der Waals surface area contributed by atoms with Gasteiger partial charge in [-0.3, -0.25) is 9.97 Å². The van der Waals surface area contributed by atoms with E-state index in [0.29, 0.717) is 10.6 Å². The molecule has 21 heavy (non-hydrogen) atoms. The first-order chi connectivity index (χ1) is 10.4. The summed E-state index contributed by atoms with van der Waals surface area (Å²) >= 11 is 1.45. The Hall–Kier alpha value is -2.84. The molecule has 0 spiro atoms. The van der Waals surface area contributed by atoms with Crippen molar-refractivity contribution in [2.24, 2.45) is 0 Å². The summed E-state index contributed by atoms with van der Waals surface area (Å²) in [5, 5.41) is 12.0. The number of aromatic nitrogens is 3. The standard InChI is InChI=1S/C16H10N4S/c17-9-14(8-12-2-1-5-19-10-12)16-20-15(11-21-16)13-3-6-18-7-4-13/h1-8,10-11H/b14-8+. The average molecular weight is 290 g/mol. The molecule has 0 amide bonds. The Morgan fingerprint density at radius 2 is 2.00 bits per heavy atom. The highest BCUT2D eigenvalue weighted by Gasteiger charge is 2.08. The van der Waals surface area contributed by atoms with Crippen LogP contribution in [0.3, 0.4) is 0 Å². The van der Waals surface area contributed by atoms with E-state index in [-0.39, 0.29) is 0 Å². The van der Waals surface area contributed by atoms with E-state index in [4.69, 9.17) is 0 Å². The van der Waals surface area contributed by atoms with Gasteiger partial charge in [0.05, 0.1) is 11.3 Å². The van der Waals surface area contributed by atoms with Gasteiger partial charge in [0.2, 0.25) is 0 Å². The maximum absolute atomic E-state index is 9.34. The zero-order chi connectivity index (χ0) is 14.5. The summed E-state index contributed by atoms with van der Waals surface area (Å²) in [7, 11) is 0. The third kappa shape index (κ3) is 3.02. The van der Waals surface area contributed by atoms with Crippen LogP contribution in [-0.2, 0) is 0 Å². The molecule has 0 radical (unpaired) electrons. The molecule has 0 aliphatic rings. The van der Waals surface area contributed by atoms with E-state index < -0.39 is 0 Å². The summed E-state index contributed by atoms with van der Waals surface area (Å²) in [5.74, 6) is 0. The second kappa shape index (κ2) is 6.07. The van der Waals surface area contributed by atoms with Gasteiger partial charge in [-0.15, -0.1) is 11.3 Å². The fourth-order valence-electron chi connectivity index (χ4n) is 1.82. The Morgan fingerprint density at radius 1 is 1.14 bits per heavy atom. The third-order valence-corrected chi connectivity index (χ3v) is 3.70. The Labute approximate surface area is 126 Å². The molecule has 4 nitrogen and oxygen atoms in total. The van der Waals surface area contributed by atoms with Crippen molar-refractivity contribution in [1.29, 1.82) is 5.26 Å². The highest BCUT2D eigenvalue weighted by atomic mass is 32.1. The van der Waals surface area contributed by atoms with E-state index in [1.807, 2.05) is 29.6 Å². The maximum Gasteiger partial charge on any atom is 0.134 e. The number of pyridine rings is 2. The first-order valence-corrected chi connectivity index (χ1v) is 7.13. The minimum absolute atomic E-state index is 0.535. The van der Waals surface area contributed by atoms with E-state index in [9.17, 15) is 5.26 Å². The first kappa shape index (κ1) is 13.2. The summed E-state index contributed by atoms with van der Waals surface area (Å²) in [6, 6.07) is 9.74. The smallest absolute Gasteiger partial charge is 0.134 e. The van der Waals surface area contributed by atoms with Crippen molar-refractivity contribution in [2.45, 2.75) is 0 Å². The lowest BCUT2D eigenvalue weighted by molar-refractivity contribution is 1.30. The van der Waals surface area contributed by atoms with Crippen LogP contribution in [0.15, 0.2) is 54.4 Å². The van der Waals surface area contributed by atoms with Crippen LogP contribution in [0.25, 0.3) is 22.9 Å². The second-order valence-electron chi connectivity index (χ2n) is 4.23. The number of nitrogens with zero attached hydrogens (tertiary/aromatic N) is 4. The number of nitriles is 1. The average Bonchev–Trinajstić information content (AvgIpc) is 3.04. The highest BCUT2D eigenvalue weighted by Crippen LogP contribution is 2.26. The van der Waals surface area contributed by atoms with Gasteiger partial charge < -0.3 is 0 Å². The molecule has 0 bridgehead atoms. The zero-order valence-corrected chi connectivity index (χ0v) is 11.8. The summed E-state index contributed by atoms with van der Waals surface area (Å²) in [5.41, 5.74) is 3.26. The van der Waals surface area contributed by atoms with Crippen LogP contribution in [0, 0.1) is 11.3 Å². The van der Waals surface area contributed by atoms with Crippen LogP contribution >= 0.6 is 11.3 Å². The van der Waals surface area contributed by atoms with Crippen LogP contribution in [0.5, 0.6) is 0 Å². The Kier molecular flexibility index (Phi) is 3.81. The monoisotopic (exact) mass is 290 g/mol. The normalized spacial score (nSPS) is 11.1. The largest absolute Gasteiger partial charge is 0.265 e. The molecule has 0 saturated heterocycles. The lowest BCUT2D eigenvalue weighted by atomic mass is 10.2. The van der Waals surface area contributed by atoms with Crippen molar-refractivity contribution in [3.63, 3.8) is 0 Å². The lowest BCUT2D eigenvalue weighted by Gasteiger charge is -1.95. The maximum atomic E-state index is 9.34. The third-order valence-electron chi connectivity index (χ3n) is 2.83. The molecule has 3 aromatic rings. The van der Waals surface area contributed by atoms with Crippen molar-refractivity contribution in [2.75, 3.05) is 0 Å². The Balaban J connectivity index is 1.95. The van der Waals surface area contributed by atoms with E-state index in [1.165, 1.54) is 11.3 Å². The van der Waals surface area contributed by atoms with Crippen LogP contribution in [-0.4, -0.2) is 15.0 Å². The minimum atomic E-state index is 0.535. The lowest BCUT2D eigenvalue weighted by Crippen LogP contribution is -1.83. The molecule has 0 atom stereocenters. The Morgan fingerprint density at radius 3 is 2.71 bits per heavy atom. The van der Waals surface area contributed by atoms with Crippen molar-refractivity contribution < 1.29 is 0 Å². The molecule has 0 fully saturated rings. The molecule has 0 N–H and O–H groups in total. The van der Waals surface area contributed by atoms with Gasteiger partial charge in [-0.05, 0) is 29.8 Å². The molecule has 0 aliphatic carbocycles. The van der Waals surface area contributed by atoms with Gasteiger partial charge in [-0.25, -0.2) is 4.98 Å². The summed E-state index contributed by atoms with van der Waals surface area (Å²) in [6.07, 6.45) is 8.67. The predicted octanol–water partition coefficient (Wildman–Crippen LogP) is 3.66. The first-order valence-electron chi connectivity index (χ1n) is 6.25. The number of hydrogen-bond donors (Lipinski definition) is 0.